The average Bonchev–Trinajstić information content (AvgIpc) is 2.91. The molecule has 1 aromatic heterocycles. The lowest BCUT2D eigenvalue weighted by Gasteiger charge is -2.06. The minimum Gasteiger partial charge on any atom is -0.480 e. The topological polar surface area (TPSA) is 118 Å². The van der Waals surface area contributed by atoms with Gasteiger partial charge >= 0.3 is 5.97 Å². The van der Waals surface area contributed by atoms with E-state index in [4.69, 9.17) is 14.3 Å². The van der Waals surface area contributed by atoms with Gasteiger partial charge in [-0.05, 0) is 12.1 Å². The maximum absolute atomic E-state index is 11.4. The van der Waals surface area contributed by atoms with Crippen LogP contribution in [0.15, 0.2) is 22.8 Å². The normalized spacial score (nSPS) is 10.0. The Morgan fingerprint density at radius 1 is 1.25 bits per heavy atom. The fourth-order valence-electron chi connectivity index (χ4n) is 1.29. The molecule has 0 fully saturated rings. The Bertz CT molecular complexity index is 443. The third-order valence-electron chi connectivity index (χ3n) is 2.18. The molecule has 110 valence electrons. The van der Waals surface area contributed by atoms with Crippen molar-refractivity contribution in [2.45, 2.75) is 6.42 Å². The monoisotopic (exact) mass is 284 g/mol. The standard InChI is InChI=1S/C12H16N2O6/c15-10(13-5-7-19-8-11(16)17)3-4-14-12(18)9-2-1-6-20-9/h1-2,6H,3-5,7-8H2,(H,13,15)(H,14,18)(H,16,17). The van der Waals surface area contributed by atoms with Crippen molar-refractivity contribution in [3.8, 4) is 0 Å². The number of ether oxygens (including phenoxy) is 1. The van der Waals surface area contributed by atoms with Crippen molar-refractivity contribution in [3.63, 3.8) is 0 Å². The van der Waals surface area contributed by atoms with Crippen molar-refractivity contribution in [3.05, 3.63) is 24.2 Å². The van der Waals surface area contributed by atoms with Crippen LogP contribution in [0.5, 0.6) is 0 Å². The summed E-state index contributed by atoms with van der Waals surface area (Å²) < 4.78 is 9.63. The number of amides is 2. The first-order chi connectivity index (χ1) is 9.59. The lowest BCUT2D eigenvalue weighted by atomic mass is 10.3. The van der Waals surface area contributed by atoms with E-state index in [-0.39, 0.29) is 43.7 Å². The smallest absolute Gasteiger partial charge is 0.329 e. The number of carbonyl (C=O) groups excluding carboxylic acids is 2. The second-order valence-corrected chi connectivity index (χ2v) is 3.78. The van der Waals surface area contributed by atoms with Crippen LogP contribution < -0.4 is 10.6 Å². The highest BCUT2D eigenvalue weighted by molar-refractivity contribution is 5.91. The first kappa shape index (κ1) is 15.7. The number of furan rings is 1. The molecule has 8 nitrogen and oxygen atoms in total. The quantitative estimate of drug-likeness (QED) is 0.532. The number of hydrogen-bond acceptors (Lipinski definition) is 5. The van der Waals surface area contributed by atoms with Gasteiger partial charge in [-0.25, -0.2) is 4.79 Å². The number of carboxylic acids is 1. The largest absolute Gasteiger partial charge is 0.480 e. The Kier molecular flexibility index (Phi) is 6.83. The van der Waals surface area contributed by atoms with Crippen LogP contribution in [0.3, 0.4) is 0 Å². The third kappa shape index (κ3) is 6.55. The van der Waals surface area contributed by atoms with Gasteiger partial charge in [-0.2, -0.15) is 0 Å². The summed E-state index contributed by atoms with van der Waals surface area (Å²) in [5.41, 5.74) is 0. The lowest BCUT2D eigenvalue weighted by molar-refractivity contribution is -0.142. The predicted octanol–water partition coefficient (Wildman–Crippen LogP) is -0.383. The van der Waals surface area contributed by atoms with E-state index in [1.807, 2.05) is 0 Å². The molecule has 1 aromatic rings. The number of rotatable bonds is 9. The molecule has 1 heterocycles. The van der Waals surface area contributed by atoms with E-state index in [0.29, 0.717) is 0 Å². The van der Waals surface area contributed by atoms with Gasteiger partial charge < -0.3 is 24.9 Å². The molecule has 0 aliphatic heterocycles. The molecule has 3 N–H and O–H groups in total. The second-order valence-electron chi connectivity index (χ2n) is 3.78. The van der Waals surface area contributed by atoms with Crippen molar-refractivity contribution >= 4 is 17.8 Å². The van der Waals surface area contributed by atoms with Crippen LogP contribution >= 0.6 is 0 Å². The van der Waals surface area contributed by atoms with Gasteiger partial charge in [0.1, 0.15) is 6.61 Å². The molecule has 0 aliphatic carbocycles. The van der Waals surface area contributed by atoms with E-state index in [1.165, 1.54) is 12.3 Å². The highest BCUT2D eigenvalue weighted by Crippen LogP contribution is 1.98. The summed E-state index contributed by atoms with van der Waals surface area (Å²) in [7, 11) is 0. The highest BCUT2D eigenvalue weighted by Gasteiger charge is 2.08. The number of aliphatic carboxylic acids is 1. The molecule has 0 saturated heterocycles. The van der Waals surface area contributed by atoms with E-state index in [0.717, 1.165) is 0 Å². The summed E-state index contributed by atoms with van der Waals surface area (Å²) in [6.45, 7) is 0.130. The molecular weight excluding hydrogens is 268 g/mol. The van der Waals surface area contributed by atoms with Crippen LogP contribution in [-0.2, 0) is 14.3 Å². The van der Waals surface area contributed by atoms with Crippen LogP contribution in [0.2, 0.25) is 0 Å². The summed E-state index contributed by atoms with van der Waals surface area (Å²) in [6.07, 6.45) is 1.50. The number of hydrogen-bond donors (Lipinski definition) is 3. The number of nitrogens with one attached hydrogen (secondary N) is 2. The van der Waals surface area contributed by atoms with Crippen molar-refractivity contribution in [1.82, 2.24) is 10.6 Å². The Morgan fingerprint density at radius 2 is 2.05 bits per heavy atom. The van der Waals surface area contributed by atoms with E-state index in [2.05, 4.69) is 10.6 Å². The predicted molar refractivity (Wildman–Crippen MR) is 67.1 cm³/mol. The summed E-state index contributed by atoms with van der Waals surface area (Å²) >= 11 is 0. The lowest BCUT2D eigenvalue weighted by Crippen LogP contribution is -2.32. The summed E-state index contributed by atoms with van der Waals surface area (Å²) in [5.74, 6) is -1.51. The fraction of sp³-hybridized carbons (Fsp3) is 0.417. The zero-order valence-electron chi connectivity index (χ0n) is 10.8. The molecule has 0 atom stereocenters. The van der Waals surface area contributed by atoms with Gasteiger partial charge in [0.2, 0.25) is 5.91 Å². The average molecular weight is 284 g/mol. The van der Waals surface area contributed by atoms with Crippen molar-refractivity contribution in [2.75, 3.05) is 26.3 Å². The molecule has 0 aliphatic rings. The summed E-state index contributed by atoms with van der Waals surface area (Å²) in [4.78, 5) is 32.9. The second kappa shape index (κ2) is 8.70. The summed E-state index contributed by atoms with van der Waals surface area (Å²) in [6, 6.07) is 3.12. The van der Waals surface area contributed by atoms with Crippen molar-refractivity contribution in [2.24, 2.45) is 0 Å². The van der Waals surface area contributed by atoms with Crippen molar-refractivity contribution < 1.29 is 28.6 Å². The van der Waals surface area contributed by atoms with Crippen LogP contribution in [0, 0.1) is 0 Å². The fourth-order valence-corrected chi connectivity index (χ4v) is 1.29. The van der Waals surface area contributed by atoms with Gasteiger partial charge in [0, 0.05) is 19.5 Å². The van der Waals surface area contributed by atoms with E-state index in [9.17, 15) is 14.4 Å². The molecule has 0 saturated carbocycles. The SMILES string of the molecule is O=C(O)COCCNC(=O)CCNC(=O)c1ccco1. The maximum Gasteiger partial charge on any atom is 0.329 e. The van der Waals surface area contributed by atoms with Gasteiger partial charge in [0.25, 0.3) is 5.91 Å². The van der Waals surface area contributed by atoms with Crippen LogP contribution in [-0.4, -0.2) is 49.2 Å². The van der Waals surface area contributed by atoms with Gasteiger partial charge in [0.15, 0.2) is 5.76 Å². The van der Waals surface area contributed by atoms with Gasteiger partial charge in [-0.1, -0.05) is 0 Å². The molecule has 1 rings (SSSR count). The molecular formula is C12H16N2O6. The van der Waals surface area contributed by atoms with Crippen LogP contribution in [0.1, 0.15) is 17.0 Å². The minimum absolute atomic E-state index is 0.116. The Hall–Kier alpha value is -2.35. The zero-order chi connectivity index (χ0) is 14.8. The molecule has 20 heavy (non-hydrogen) atoms. The molecule has 2 amide bonds. The zero-order valence-corrected chi connectivity index (χ0v) is 10.8. The van der Waals surface area contributed by atoms with Gasteiger partial charge in [0.05, 0.1) is 12.9 Å². The first-order valence-corrected chi connectivity index (χ1v) is 5.97. The maximum atomic E-state index is 11.4. The van der Waals surface area contributed by atoms with E-state index in [1.54, 1.807) is 6.07 Å². The molecule has 0 bridgehead atoms. The Morgan fingerprint density at radius 3 is 2.70 bits per heavy atom. The van der Waals surface area contributed by atoms with E-state index < -0.39 is 12.6 Å². The van der Waals surface area contributed by atoms with E-state index >= 15 is 0 Å². The minimum atomic E-state index is -1.06. The van der Waals surface area contributed by atoms with Crippen LogP contribution in [0.4, 0.5) is 0 Å². The number of carbonyl (C=O) groups is 3. The third-order valence-corrected chi connectivity index (χ3v) is 2.18. The van der Waals surface area contributed by atoms with Crippen LogP contribution in [0.25, 0.3) is 0 Å². The molecule has 0 radical (unpaired) electrons. The summed E-state index contributed by atoms with van der Waals surface area (Å²) in [5, 5.41) is 13.4. The highest BCUT2D eigenvalue weighted by atomic mass is 16.5. The molecule has 0 aromatic carbocycles. The number of carboxylic acid groups (broad SMARTS) is 1. The molecule has 8 heteroatoms. The Labute approximate surface area is 115 Å². The van der Waals surface area contributed by atoms with Gasteiger partial charge in [-0.3, -0.25) is 9.59 Å². The Balaban J connectivity index is 2.03. The van der Waals surface area contributed by atoms with Gasteiger partial charge in [-0.15, -0.1) is 0 Å². The van der Waals surface area contributed by atoms with Crippen molar-refractivity contribution in [1.29, 1.82) is 0 Å². The molecule has 0 spiro atoms. The first-order valence-electron chi connectivity index (χ1n) is 5.97. The molecule has 0 unspecified atom stereocenters.